The van der Waals surface area contributed by atoms with Crippen LogP contribution in [0.4, 0.5) is 4.39 Å². The van der Waals surface area contributed by atoms with Gasteiger partial charge in [0.25, 0.3) is 0 Å². The van der Waals surface area contributed by atoms with E-state index >= 15 is 0 Å². The maximum atomic E-state index is 13.8. The molecule has 17 heavy (non-hydrogen) atoms. The number of rotatable bonds is 4. The third-order valence-corrected chi connectivity index (χ3v) is 3.18. The fourth-order valence-corrected chi connectivity index (χ4v) is 2.06. The van der Waals surface area contributed by atoms with E-state index in [1.807, 2.05) is 0 Å². The monoisotopic (exact) mass is 259 g/mol. The first-order valence-corrected chi connectivity index (χ1v) is 6.40. The largest absolute Gasteiger partial charge is 0.493 e. The number of aliphatic imine (C=N–C) groups is 1. The summed E-state index contributed by atoms with van der Waals surface area (Å²) in [4.78, 5) is 12.8. The summed E-state index contributed by atoms with van der Waals surface area (Å²) in [6.07, 6.45) is 2.21. The number of halogens is 1. The van der Waals surface area contributed by atoms with Crippen LogP contribution in [-0.4, -0.2) is 27.9 Å². The lowest BCUT2D eigenvalue weighted by atomic mass is 10.2. The van der Waals surface area contributed by atoms with Crippen molar-refractivity contribution in [2.24, 2.45) is 4.99 Å². The fraction of sp³-hybridized carbons (Fsp3) is 0.300. The van der Waals surface area contributed by atoms with Gasteiger partial charge >= 0.3 is 0 Å². The van der Waals surface area contributed by atoms with Gasteiger partial charge in [-0.05, 0) is 6.07 Å². The van der Waals surface area contributed by atoms with E-state index in [0.29, 0.717) is 0 Å². The lowest BCUT2D eigenvalue weighted by molar-refractivity contribution is 0.375. The number of hydrogen-bond donors (Lipinski definition) is 0. The van der Waals surface area contributed by atoms with E-state index in [0.717, 1.165) is 12.3 Å². The molecule has 1 rings (SSSR count). The summed E-state index contributed by atoms with van der Waals surface area (Å²) in [5.74, 6) is -1.21. The predicted octanol–water partition coefficient (Wildman–Crippen LogP) is 1.07. The molecule has 0 aromatic heterocycles. The Kier molecular flexibility index (Phi) is 3.98. The van der Waals surface area contributed by atoms with E-state index in [9.17, 15) is 17.6 Å². The van der Waals surface area contributed by atoms with Crippen LogP contribution < -0.4 is 4.74 Å². The van der Waals surface area contributed by atoms with Gasteiger partial charge in [-0.3, -0.25) is 0 Å². The molecule has 0 saturated carbocycles. The van der Waals surface area contributed by atoms with Crippen molar-refractivity contribution in [3.63, 3.8) is 0 Å². The van der Waals surface area contributed by atoms with Gasteiger partial charge in [-0.1, -0.05) is 6.07 Å². The number of benzene rings is 1. The Morgan fingerprint density at radius 2 is 2.12 bits per heavy atom. The Morgan fingerprint density at radius 1 is 1.47 bits per heavy atom. The molecular formula is C10H10FNO4S. The number of sulfone groups is 1. The molecule has 0 bridgehead atoms. The van der Waals surface area contributed by atoms with Crippen molar-refractivity contribution in [3.05, 3.63) is 23.5 Å². The first-order valence-electron chi connectivity index (χ1n) is 4.51. The number of carbonyl (C=O) groups excluding carboxylic acids is 1. The van der Waals surface area contributed by atoms with Crippen molar-refractivity contribution in [1.29, 1.82) is 0 Å². The summed E-state index contributed by atoms with van der Waals surface area (Å²) in [6, 6.07) is 2.46. The van der Waals surface area contributed by atoms with Crippen LogP contribution in [0, 0.1) is 5.82 Å². The Balaban J connectivity index is 3.42. The molecule has 0 heterocycles. The molecule has 0 fully saturated rings. The first kappa shape index (κ1) is 13.3. The molecule has 0 radical (unpaired) electrons. The van der Waals surface area contributed by atoms with Gasteiger partial charge in [0, 0.05) is 11.8 Å². The molecular weight excluding hydrogens is 249 g/mol. The van der Waals surface area contributed by atoms with Crippen molar-refractivity contribution >= 4 is 15.9 Å². The van der Waals surface area contributed by atoms with Gasteiger partial charge < -0.3 is 4.74 Å². The van der Waals surface area contributed by atoms with Crippen LogP contribution in [0.5, 0.6) is 5.75 Å². The van der Waals surface area contributed by atoms with E-state index < -0.39 is 20.5 Å². The number of hydrogen-bond acceptors (Lipinski definition) is 5. The number of nitrogens with zero attached hydrogens (tertiary/aromatic N) is 1. The average Bonchev–Trinajstić information content (AvgIpc) is 2.24. The van der Waals surface area contributed by atoms with Crippen molar-refractivity contribution in [3.8, 4) is 5.75 Å². The minimum absolute atomic E-state index is 0.117. The third kappa shape index (κ3) is 2.89. The van der Waals surface area contributed by atoms with Gasteiger partial charge in [0.05, 0.1) is 13.7 Å². The first-order chi connectivity index (χ1) is 7.91. The minimum Gasteiger partial charge on any atom is -0.493 e. The second-order valence-electron chi connectivity index (χ2n) is 3.25. The molecule has 7 heteroatoms. The predicted molar refractivity (Wildman–Crippen MR) is 57.9 cm³/mol. The maximum Gasteiger partial charge on any atom is 0.235 e. The topological polar surface area (TPSA) is 72.8 Å². The highest BCUT2D eigenvalue weighted by Crippen LogP contribution is 2.28. The van der Waals surface area contributed by atoms with Gasteiger partial charge in [-0.2, -0.15) is 0 Å². The summed E-state index contributed by atoms with van der Waals surface area (Å²) in [7, 11) is -2.46. The molecule has 92 valence electrons. The van der Waals surface area contributed by atoms with E-state index in [2.05, 4.69) is 4.99 Å². The van der Waals surface area contributed by atoms with Crippen LogP contribution in [0.2, 0.25) is 0 Å². The normalized spacial score (nSPS) is 10.8. The molecule has 0 aliphatic rings. The Morgan fingerprint density at radius 3 is 2.59 bits per heavy atom. The van der Waals surface area contributed by atoms with Crippen molar-refractivity contribution < 1.29 is 22.3 Å². The second-order valence-corrected chi connectivity index (χ2v) is 5.23. The smallest absolute Gasteiger partial charge is 0.235 e. The van der Waals surface area contributed by atoms with Gasteiger partial charge in [-0.15, -0.1) is 0 Å². The quantitative estimate of drug-likeness (QED) is 0.599. The molecule has 0 atom stereocenters. The standard InChI is InChI=1S/C10H10FNO4S/c1-16-10-7(5-12-6-13)3-4-8(9(10)11)17(2,14)15/h3-4H,5H2,1-2H3. The molecule has 0 saturated heterocycles. The Bertz CT molecular complexity index is 576. The van der Waals surface area contributed by atoms with Crippen LogP contribution in [0.25, 0.3) is 0 Å². The molecule has 0 unspecified atom stereocenters. The van der Waals surface area contributed by atoms with Gasteiger partial charge in [0.2, 0.25) is 6.08 Å². The van der Waals surface area contributed by atoms with Crippen LogP contribution >= 0.6 is 0 Å². The average molecular weight is 259 g/mol. The van der Waals surface area contributed by atoms with Crippen LogP contribution in [0.15, 0.2) is 22.0 Å². The number of methoxy groups -OCH3 is 1. The van der Waals surface area contributed by atoms with Crippen molar-refractivity contribution in [1.82, 2.24) is 0 Å². The molecule has 1 aromatic carbocycles. The zero-order chi connectivity index (χ0) is 13.1. The third-order valence-electron chi connectivity index (χ3n) is 2.06. The fourth-order valence-electron chi connectivity index (χ4n) is 1.33. The van der Waals surface area contributed by atoms with Crippen LogP contribution in [-0.2, 0) is 21.2 Å². The summed E-state index contributed by atoms with van der Waals surface area (Å²) in [5, 5.41) is 0. The van der Waals surface area contributed by atoms with Gasteiger partial charge in [0.1, 0.15) is 4.90 Å². The SMILES string of the molecule is COc1c(CN=C=O)ccc(S(C)(=O)=O)c1F. The molecule has 0 amide bonds. The van der Waals surface area contributed by atoms with Crippen LogP contribution in [0.3, 0.4) is 0 Å². The lowest BCUT2D eigenvalue weighted by Gasteiger charge is -2.09. The summed E-state index contributed by atoms with van der Waals surface area (Å²) < 4.78 is 41.1. The molecule has 0 aliphatic carbocycles. The Hall–Kier alpha value is -1.72. The van der Waals surface area contributed by atoms with E-state index in [1.165, 1.54) is 19.3 Å². The van der Waals surface area contributed by atoms with Crippen molar-refractivity contribution in [2.45, 2.75) is 11.4 Å². The molecule has 0 N–H and O–H groups in total. The summed E-state index contributed by atoms with van der Waals surface area (Å²) in [6.45, 7) is -0.117. The second kappa shape index (κ2) is 5.07. The molecule has 0 spiro atoms. The van der Waals surface area contributed by atoms with Gasteiger partial charge in [-0.25, -0.2) is 22.6 Å². The minimum atomic E-state index is -3.67. The van der Waals surface area contributed by atoms with Gasteiger partial charge in [0.15, 0.2) is 21.4 Å². The number of isocyanates is 1. The Labute approximate surface area is 97.9 Å². The molecule has 0 aliphatic heterocycles. The highest BCUT2D eigenvalue weighted by Gasteiger charge is 2.20. The van der Waals surface area contributed by atoms with Crippen LogP contribution in [0.1, 0.15) is 5.56 Å². The summed E-state index contributed by atoms with van der Waals surface area (Å²) >= 11 is 0. The highest BCUT2D eigenvalue weighted by atomic mass is 32.2. The van der Waals surface area contributed by atoms with E-state index in [1.54, 1.807) is 0 Å². The molecule has 5 nitrogen and oxygen atoms in total. The zero-order valence-corrected chi connectivity index (χ0v) is 10.0. The maximum absolute atomic E-state index is 13.8. The zero-order valence-electron chi connectivity index (χ0n) is 9.23. The van der Waals surface area contributed by atoms with E-state index in [4.69, 9.17) is 4.74 Å². The van der Waals surface area contributed by atoms with Crippen molar-refractivity contribution in [2.75, 3.05) is 13.4 Å². The highest BCUT2D eigenvalue weighted by molar-refractivity contribution is 7.90. The molecule has 1 aromatic rings. The van der Waals surface area contributed by atoms with E-state index in [-0.39, 0.29) is 17.9 Å². The number of ether oxygens (including phenoxy) is 1. The lowest BCUT2D eigenvalue weighted by Crippen LogP contribution is -2.04. The summed E-state index contributed by atoms with van der Waals surface area (Å²) in [5.41, 5.74) is 0.278.